The number of ether oxygens (including phenoxy) is 1. The van der Waals surface area contributed by atoms with E-state index in [1.807, 2.05) is 0 Å². The van der Waals surface area contributed by atoms with Gasteiger partial charge in [-0.25, -0.2) is 0 Å². The lowest BCUT2D eigenvalue weighted by Gasteiger charge is -2.04. The third-order valence-corrected chi connectivity index (χ3v) is 4.68. The fourth-order valence-corrected chi connectivity index (χ4v) is 2.84. The van der Waals surface area contributed by atoms with E-state index in [2.05, 4.69) is 47.2 Å². The number of hydrogen-bond acceptors (Lipinski definition) is 2. The molecule has 0 aliphatic carbocycles. The Bertz CT molecular complexity index is 337. The van der Waals surface area contributed by atoms with Crippen LogP contribution < -0.4 is 0 Å². The van der Waals surface area contributed by atoms with Crippen molar-refractivity contribution in [3.63, 3.8) is 0 Å². The number of unbranched alkanes of at least 4 members (excludes halogenated alkanes) is 9. The van der Waals surface area contributed by atoms with Gasteiger partial charge < -0.3 is 4.74 Å². The van der Waals surface area contributed by atoms with Crippen molar-refractivity contribution in [1.82, 2.24) is 0 Å². The summed E-state index contributed by atoms with van der Waals surface area (Å²) in [4.78, 5) is 11.3. The SMILES string of the molecule is CCCCC/C=C\CC=CCCCCCCCCOC(=O)CCCBr. The molecule has 0 aromatic carbocycles. The molecule has 0 heterocycles. The zero-order valence-electron chi connectivity index (χ0n) is 16.3. The van der Waals surface area contributed by atoms with Gasteiger partial charge in [0.2, 0.25) is 0 Å². The van der Waals surface area contributed by atoms with Gasteiger partial charge in [-0.1, -0.05) is 85.7 Å². The second-order valence-electron chi connectivity index (χ2n) is 6.60. The minimum Gasteiger partial charge on any atom is -0.466 e. The van der Waals surface area contributed by atoms with E-state index in [0.717, 1.165) is 24.6 Å². The van der Waals surface area contributed by atoms with Crippen LogP contribution in [0.3, 0.4) is 0 Å². The Kier molecular flexibility index (Phi) is 21.0. The summed E-state index contributed by atoms with van der Waals surface area (Å²) in [6.45, 7) is 2.84. The maximum Gasteiger partial charge on any atom is 0.305 e. The first-order chi connectivity index (χ1) is 12.3. The minimum atomic E-state index is -0.0537. The van der Waals surface area contributed by atoms with Crippen molar-refractivity contribution in [2.75, 3.05) is 11.9 Å². The lowest BCUT2D eigenvalue weighted by Crippen LogP contribution is -2.05. The number of carbonyl (C=O) groups excluding carboxylic acids is 1. The summed E-state index contributed by atoms with van der Waals surface area (Å²) in [6.07, 6.45) is 25.4. The van der Waals surface area contributed by atoms with Crippen molar-refractivity contribution in [3.05, 3.63) is 24.3 Å². The highest BCUT2D eigenvalue weighted by molar-refractivity contribution is 9.09. The van der Waals surface area contributed by atoms with Crippen LogP contribution in [0.5, 0.6) is 0 Å². The van der Waals surface area contributed by atoms with Crippen molar-refractivity contribution >= 4 is 21.9 Å². The van der Waals surface area contributed by atoms with Crippen LogP contribution in [0.15, 0.2) is 24.3 Å². The zero-order valence-corrected chi connectivity index (χ0v) is 17.9. The molecule has 0 bridgehead atoms. The number of rotatable bonds is 18. The van der Waals surface area contributed by atoms with E-state index in [1.54, 1.807) is 0 Å². The number of alkyl halides is 1. The van der Waals surface area contributed by atoms with Crippen LogP contribution in [0.4, 0.5) is 0 Å². The lowest BCUT2D eigenvalue weighted by molar-refractivity contribution is -0.143. The summed E-state index contributed by atoms with van der Waals surface area (Å²) in [6, 6.07) is 0. The average Bonchev–Trinajstić information content (AvgIpc) is 2.62. The molecule has 0 radical (unpaired) electrons. The molecular weight excluding hydrogens is 376 g/mol. The third-order valence-electron chi connectivity index (χ3n) is 4.12. The number of halogens is 1. The summed E-state index contributed by atoms with van der Waals surface area (Å²) in [7, 11) is 0. The van der Waals surface area contributed by atoms with Crippen molar-refractivity contribution in [2.24, 2.45) is 0 Å². The Morgan fingerprint density at radius 2 is 1.40 bits per heavy atom. The van der Waals surface area contributed by atoms with Gasteiger partial charge in [0.25, 0.3) is 0 Å². The summed E-state index contributed by atoms with van der Waals surface area (Å²) in [5.41, 5.74) is 0. The van der Waals surface area contributed by atoms with E-state index in [1.165, 1.54) is 64.2 Å². The average molecular weight is 415 g/mol. The second kappa shape index (κ2) is 21.5. The summed E-state index contributed by atoms with van der Waals surface area (Å²) >= 11 is 3.32. The Morgan fingerprint density at radius 3 is 2.04 bits per heavy atom. The lowest BCUT2D eigenvalue weighted by atomic mass is 10.1. The molecule has 0 fully saturated rings. The number of esters is 1. The molecule has 0 spiro atoms. The predicted octanol–water partition coefficient (Wildman–Crippen LogP) is 7.52. The smallest absolute Gasteiger partial charge is 0.305 e. The van der Waals surface area contributed by atoms with E-state index in [9.17, 15) is 4.79 Å². The van der Waals surface area contributed by atoms with E-state index in [4.69, 9.17) is 4.74 Å². The number of hydrogen-bond donors (Lipinski definition) is 0. The van der Waals surface area contributed by atoms with Gasteiger partial charge in [-0.3, -0.25) is 4.79 Å². The van der Waals surface area contributed by atoms with E-state index in [0.29, 0.717) is 13.0 Å². The Labute approximate surface area is 164 Å². The van der Waals surface area contributed by atoms with Crippen LogP contribution in [0.1, 0.15) is 96.8 Å². The maximum atomic E-state index is 11.3. The molecule has 25 heavy (non-hydrogen) atoms. The third kappa shape index (κ3) is 21.4. The molecule has 0 aromatic heterocycles. The Morgan fingerprint density at radius 1 is 0.800 bits per heavy atom. The molecule has 0 saturated heterocycles. The van der Waals surface area contributed by atoms with E-state index < -0.39 is 0 Å². The van der Waals surface area contributed by atoms with Gasteiger partial charge in [0, 0.05) is 11.8 Å². The first-order valence-corrected chi connectivity index (χ1v) is 11.4. The molecule has 0 aliphatic heterocycles. The number of carbonyl (C=O) groups is 1. The fourth-order valence-electron chi connectivity index (χ4n) is 2.56. The van der Waals surface area contributed by atoms with Crippen LogP contribution in [0.25, 0.3) is 0 Å². The van der Waals surface area contributed by atoms with Gasteiger partial charge in [0.05, 0.1) is 6.61 Å². The van der Waals surface area contributed by atoms with Crippen LogP contribution in [0.2, 0.25) is 0 Å². The quantitative estimate of drug-likeness (QED) is 0.100. The monoisotopic (exact) mass is 414 g/mol. The molecule has 0 aromatic rings. The highest BCUT2D eigenvalue weighted by Gasteiger charge is 2.01. The van der Waals surface area contributed by atoms with Crippen molar-refractivity contribution in [2.45, 2.75) is 96.8 Å². The van der Waals surface area contributed by atoms with Crippen LogP contribution in [-0.4, -0.2) is 17.9 Å². The van der Waals surface area contributed by atoms with E-state index in [-0.39, 0.29) is 5.97 Å². The highest BCUT2D eigenvalue weighted by Crippen LogP contribution is 2.08. The topological polar surface area (TPSA) is 26.3 Å². The molecule has 2 nitrogen and oxygen atoms in total. The Hall–Kier alpha value is -0.570. The Balaban J connectivity index is 3.20. The summed E-state index contributed by atoms with van der Waals surface area (Å²) in [5, 5.41) is 0.868. The molecular formula is C22H39BrO2. The molecule has 0 N–H and O–H groups in total. The molecule has 3 heteroatoms. The predicted molar refractivity (Wildman–Crippen MR) is 113 cm³/mol. The van der Waals surface area contributed by atoms with Crippen LogP contribution in [-0.2, 0) is 9.53 Å². The van der Waals surface area contributed by atoms with Gasteiger partial charge in [-0.2, -0.15) is 0 Å². The number of allylic oxidation sites excluding steroid dienone is 4. The van der Waals surface area contributed by atoms with Gasteiger partial charge in [-0.15, -0.1) is 0 Å². The van der Waals surface area contributed by atoms with E-state index >= 15 is 0 Å². The zero-order chi connectivity index (χ0) is 18.4. The van der Waals surface area contributed by atoms with Crippen molar-refractivity contribution in [3.8, 4) is 0 Å². The molecule has 0 rings (SSSR count). The van der Waals surface area contributed by atoms with Gasteiger partial charge in [-0.05, 0) is 44.9 Å². The van der Waals surface area contributed by atoms with Crippen LogP contribution in [0, 0.1) is 0 Å². The fraction of sp³-hybridized carbons (Fsp3) is 0.773. The normalized spacial score (nSPS) is 11.6. The summed E-state index contributed by atoms with van der Waals surface area (Å²) in [5.74, 6) is -0.0537. The summed E-state index contributed by atoms with van der Waals surface area (Å²) < 4.78 is 5.19. The molecule has 146 valence electrons. The molecule has 0 aliphatic rings. The molecule has 0 unspecified atom stereocenters. The van der Waals surface area contributed by atoms with Crippen LogP contribution >= 0.6 is 15.9 Å². The second-order valence-corrected chi connectivity index (χ2v) is 7.39. The van der Waals surface area contributed by atoms with Crippen molar-refractivity contribution in [1.29, 1.82) is 0 Å². The minimum absolute atomic E-state index is 0.0537. The first kappa shape index (κ1) is 24.4. The maximum absolute atomic E-state index is 11.3. The largest absolute Gasteiger partial charge is 0.466 e. The first-order valence-electron chi connectivity index (χ1n) is 10.3. The van der Waals surface area contributed by atoms with Gasteiger partial charge in [0.1, 0.15) is 0 Å². The molecule has 0 atom stereocenters. The highest BCUT2D eigenvalue weighted by atomic mass is 79.9. The molecule has 0 saturated carbocycles. The van der Waals surface area contributed by atoms with Gasteiger partial charge >= 0.3 is 5.97 Å². The van der Waals surface area contributed by atoms with Gasteiger partial charge in [0.15, 0.2) is 0 Å². The van der Waals surface area contributed by atoms with Crippen molar-refractivity contribution < 1.29 is 9.53 Å². The molecule has 0 amide bonds. The standard InChI is InChI=1S/C22H39BrO2/c1-2-3-4-5-6-7-8-9-10-11-12-13-14-15-16-17-21-25-22(24)19-18-20-23/h6-7,9-10H,2-5,8,11-21H2,1H3/b7-6-,10-9?.